The maximum absolute atomic E-state index is 13.7. The van der Waals surface area contributed by atoms with Crippen LogP contribution in [-0.2, 0) is 16.1 Å². The number of carbonyl (C=O) groups excluding carboxylic acids is 1. The third-order valence-corrected chi connectivity index (χ3v) is 3.82. The summed E-state index contributed by atoms with van der Waals surface area (Å²) >= 11 is 0. The van der Waals surface area contributed by atoms with Gasteiger partial charge in [-0.05, 0) is 12.5 Å². The molecule has 1 aromatic rings. The van der Waals surface area contributed by atoms with E-state index in [9.17, 15) is 58.2 Å². The van der Waals surface area contributed by atoms with Crippen LogP contribution in [0, 0.1) is 0 Å². The Balaban J connectivity index is 3.09. The van der Waals surface area contributed by atoms with E-state index in [1.807, 2.05) is 0 Å². The van der Waals surface area contributed by atoms with Crippen molar-refractivity contribution in [3.63, 3.8) is 0 Å². The average molecular weight is 462 g/mol. The van der Waals surface area contributed by atoms with Gasteiger partial charge < -0.3 is 9.84 Å². The highest BCUT2D eigenvalue weighted by Gasteiger charge is 2.87. The van der Waals surface area contributed by atoms with E-state index < -0.39 is 54.5 Å². The van der Waals surface area contributed by atoms with Gasteiger partial charge in [-0.25, -0.2) is 4.79 Å². The van der Waals surface area contributed by atoms with Gasteiger partial charge in [-0.2, -0.15) is 48.3 Å². The fraction of sp³-hybridized carbons (Fsp3) is 0.562. The molecular formula is C16H13F11O3. The number of esters is 1. The van der Waals surface area contributed by atoms with Gasteiger partial charge >= 0.3 is 35.8 Å². The minimum atomic E-state index is -7.62. The molecule has 0 radical (unpaired) electrons. The van der Waals surface area contributed by atoms with Crippen LogP contribution in [-0.4, -0.2) is 46.5 Å². The van der Waals surface area contributed by atoms with Gasteiger partial charge in [-0.3, -0.25) is 0 Å². The van der Waals surface area contributed by atoms with Crippen LogP contribution in [0.3, 0.4) is 0 Å². The van der Waals surface area contributed by atoms with Gasteiger partial charge in [0.05, 0.1) is 6.42 Å². The second-order valence-corrected chi connectivity index (χ2v) is 6.44. The van der Waals surface area contributed by atoms with E-state index in [0.717, 1.165) is 0 Å². The number of benzene rings is 1. The van der Waals surface area contributed by atoms with Crippen LogP contribution in [0.2, 0.25) is 0 Å². The number of halogens is 11. The molecule has 0 fully saturated rings. The highest BCUT2D eigenvalue weighted by Crippen LogP contribution is 2.58. The SMILES string of the molecule is CC(O)(CC(F)(F)C(F)(F)C(F)(F)C(F)(F)C(F)(F)F)C(=O)OCc1ccccc1. The molecule has 0 aliphatic carbocycles. The van der Waals surface area contributed by atoms with Crippen molar-refractivity contribution in [1.82, 2.24) is 0 Å². The van der Waals surface area contributed by atoms with E-state index in [0.29, 0.717) is 0 Å². The lowest BCUT2D eigenvalue weighted by Crippen LogP contribution is -2.67. The third-order valence-electron chi connectivity index (χ3n) is 3.82. The molecule has 1 rings (SSSR count). The second kappa shape index (κ2) is 7.85. The van der Waals surface area contributed by atoms with Crippen LogP contribution in [0.15, 0.2) is 30.3 Å². The van der Waals surface area contributed by atoms with Crippen molar-refractivity contribution >= 4 is 5.97 Å². The molecule has 0 aliphatic heterocycles. The van der Waals surface area contributed by atoms with E-state index in [1.54, 1.807) is 0 Å². The van der Waals surface area contributed by atoms with Crippen LogP contribution in [0.1, 0.15) is 18.9 Å². The summed E-state index contributed by atoms with van der Waals surface area (Å²) in [6.07, 6.45) is -10.2. The molecule has 1 N–H and O–H groups in total. The zero-order chi connectivity index (χ0) is 23.8. The maximum atomic E-state index is 13.7. The summed E-state index contributed by atoms with van der Waals surface area (Å²) in [6, 6.07) is 7.12. The Hall–Kier alpha value is -2.12. The lowest BCUT2D eigenvalue weighted by Gasteiger charge is -2.38. The predicted molar refractivity (Wildman–Crippen MR) is 77.3 cm³/mol. The number of ether oxygens (including phenoxy) is 1. The van der Waals surface area contributed by atoms with Crippen LogP contribution < -0.4 is 0 Å². The van der Waals surface area contributed by atoms with Crippen molar-refractivity contribution < 1.29 is 62.9 Å². The van der Waals surface area contributed by atoms with Crippen molar-refractivity contribution in [1.29, 1.82) is 0 Å². The Labute approximate surface area is 161 Å². The second-order valence-electron chi connectivity index (χ2n) is 6.44. The molecule has 0 spiro atoms. The Kier molecular flexibility index (Phi) is 6.78. The number of hydrogen-bond acceptors (Lipinski definition) is 3. The van der Waals surface area contributed by atoms with Gasteiger partial charge in [0.1, 0.15) is 6.61 Å². The fourth-order valence-corrected chi connectivity index (χ4v) is 2.10. The molecule has 0 aliphatic rings. The summed E-state index contributed by atoms with van der Waals surface area (Å²) < 4.78 is 147. The molecular weight excluding hydrogens is 449 g/mol. The quantitative estimate of drug-likeness (QED) is 0.438. The minimum Gasteiger partial charge on any atom is -0.459 e. The summed E-state index contributed by atoms with van der Waals surface area (Å²) in [7, 11) is 0. The Bertz CT molecular complexity index is 743. The maximum Gasteiger partial charge on any atom is 0.460 e. The normalized spacial score (nSPS) is 16.2. The summed E-state index contributed by atoms with van der Waals surface area (Å²) in [5, 5.41) is 9.65. The number of aliphatic hydroxyl groups is 1. The molecule has 0 bridgehead atoms. The summed E-state index contributed by atoms with van der Waals surface area (Å²) in [4.78, 5) is 11.7. The van der Waals surface area contributed by atoms with Crippen LogP contribution in [0.4, 0.5) is 48.3 Å². The first-order chi connectivity index (χ1) is 13.2. The smallest absolute Gasteiger partial charge is 0.459 e. The molecule has 3 nitrogen and oxygen atoms in total. The van der Waals surface area contributed by atoms with E-state index in [1.165, 1.54) is 30.3 Å². The Morgan fingerprint density at radius 2 is 1.30 bits per heavy atom. The van der Waals surface area contributed by atoms with E-state index in [4.69, 9.17) is 0 Å². The van der Waals surface area contributed by atoms with Gasteiger partial charge in [0, 0.05) is 0 Å². The van der Waals surface area contributed by atoms with Gasteiger partial charge in [-0.1, -0.05) is 30.3 Å². The molecule has 14 heteroatoms. The monoisotopic (exact) mass is 462 g/mol. The molecule has 172 valence electrons. The Morgan fingerprint density at radius 3 is 1.73 bits per heavy atom. The van der Waals surface area contributed by atoms with Crippen molar-refractivity contribution in [2.24, 2.45) is 0 Å². The minimum absolute atomic E-state index is 0.115. The van der Waals surface area contributed by atoms with Crippen molar-refractivity contribution in [2.45, 2.75) is 55.4 Å². The van der Waals surface area contributed by atoms with Gasteiger partial charge in [-0.15, -0.1) is 0 Å². The molecule has 0 saturated carbocycles. The number of alkyl halides is 11. The summed E-state index contributed by atoms with van der Waals surface area (Å²) in [5.74, 6) is -30.9. The van der Waals surface area contributed by atoms with Gasteiger partial charge in [0.25, 0.3) is 0 Å². The van der Waals surface area contributed by atoms with Gasteiger partial charge in [0.2, 0.25) is 0 Å². The average Bonchev–Trinajstić information content (AvgIpc) is 2.58. The lowest BCUT2D eigenvalue weighted by atomic mass is 9.89. The fourth-order valence-electron chi connectivity index (χ4n) is 2.10. The van der Waals surface area contributed by atoms with Crippen LogP contribution in [0.5, 0.6) is 0 Å². The Morgan fingerprint density at radius 1 is 0.833 bits per heavy atom. The van der Waals surface area contributed by atoms with Crippen LogP contribution >= 0.6 is 0 Å². The van der Waals surface area contributed by atoms with Crippen molar-refractivity contribution in [2.75, 3.05) is 0 Å². The standard InChI is InChI=1S/C16H13F11O3/c1-11(29,10(28)30-7-9-5-3-2-4-6-9)8-12(17,18)13(19,20)14(21,22)15(23,24)16(25,26)27/h2-6,29H,7-8H2,1H3. The molecule has 0 heterocycles. The van der Waals surface area contributed by atoms with E-state index in [-0.39, 0.29) is 12.5 Å². The van der Waals surface area contributed by atoms with E-state index in [2.05, 4.69) is 4.74 Å². The predicted octanol–water partition coefficient (Wildman–Crippen LogP) is 4.97. The summed E-state index contributed by atoms with van der Waals surface area (Å²) in [6.45, 7) is -0.565. The van der Waals surface area contributed by atoms with E-state index >= 15 is 0 Å². The molecule has 1 aromatic carbocycles. The first-order valence-electron chi connectivity index (χ1n) is 7.72. The highest BCUT2D eigenvalue weighted by atomic mass is 19.4. The molecule has 1 atom stereocenters. The molecule has 0 amide bonds. The highest BCUT2D eigenvalue weighted by molar-refractivity contribution is 5.78. The largest absolute Gasteiger partial charge is 0.460 e. The summed E-state index contributed by atoms with van der Waals surface area (Å²) in [5.41, 5.74) is -3.42. The first kappa shape index (κ1) is 25.9. The van der Waals surface area contributed by atoms with Gasteiger partial charge in [0.15, 0.2) is 5.60 Å². The molecule has 0 saturated heterocycles. The van der Waals surface area contributed by atoms with Crippen molar-refractivity contribution in [3.8, 4) is 0 Å². The molecule has 30 heavy (non-hydrogen) atoms. The molecule has 0 aromatic heterocycles. The first-order valence-corrected chi connectivity index (χ1v) is 7.72. The molecule has 1 unspecified atom stereocenters. The third kappa shape index (κ3) is 4.62. The number of rotatable bonds is 8. The zero-order valence-electron chi connectivity index (χ0n) is 14.7. The zero-order valence-corrected chi connectivity index (χ0v) is 14.7. The van der Waals surface area contributed by atoms with Crippen molar-refractivity contribution in [3.05, 3.63) is 35.9 Å². The lowest BCUT2D eigenvalue weighted by molar-refractivity contribution is -0.424. The number of hydrogen-bond donors (Lipinski definition) is 1. The number of carbonyl (C=O) groups is 1. The van der Waals surface area contributed by atoms with Crippen LogP contribution in [0.25, 0.3) is 0 Å². The topological polar surface area (TPSA) is 46.5 Å².